The van der Waals surface area contributed by atoms with Crippen LogP contribution < -0.4 is 10.1 Å². The molecule has 3 aliphatic rings. The summed E-state index contributed by atoms with van der Waals surface area (Å²) in [6.07, 6.45) is 2.83. The molecule has 1 fully saturated rings. The van der Waals surface area contributed by atoms with Gasteiger partial charge in [-0.15, -0.1) is 0 Å². The summed E-state index contributed by atoms with van der Waals surface area (Å²) in [6.45, 7) is 7.28. The molecule has 164 valence electrons. The monoisotopic (exact) mass is 499 g/mol. The first-order valence-corrected chi connectivity index (χ1v) is 12.4. The number of nitrogens with zero attached hydrogens (tertiary/aromatic N) is 2. The van der Waals surface area contributed by atoms with Gasteiger partial charge < -0.3 is 9.47 Å². The third-order valence-corrected chi connectivity index (χ3v) is 9.65. The van der Waals surface area contributed by atoms with Crippen LogP contribution in [0.1, 0.15) is 58.9 Å². The third-order valence-electron chi connectivity index (χ3n) is 6.08. The van der Waals surface area contributed by atoms with E-state index in [2.05, 4.69) is 26.2 Å². The van der Waals surface area contributed by atoms with Gasteiger partial charge in [-0.25, -0.2) is 18.2 Å². The Morgan fingerprint density at radius 3 is 2.67 bits per heavy atom. The number of sulfone groups is 1. The Hall–Kier alpha value is -1.68. The topological polar surface area (TPSA) is 107 Å². The van der Waals surface area contributed by atoms with Gasteiger partial charge in [0.15, 0.2) is 9.84 Å². The number of carbonyl (C=O) groups excluding carboxylic acids is 1. The van der Waals surface area contributed by atoms with Crippen molar-refractivity contribution in [2.45, 2.75) is 74.5 Å². The second-order valence-corrected chi connectivity index (χ2v) is 12.6. The van der Waals surface area contributed by atoms with E-state index in [0.29, 0.717) is 35.2 Å². The Labute approximate surface area is 184 Å². The largest absolute Gasteiger partial charge is 0.477 e. The van der Waals surface area contributed by atoms with Gasteiger partial charge >= 0.3 is 6.09 Å². The third kappa shape index (κ3) is 3.23. The first-order chi connectivity index (χ1) is 13.9. The zero-order chi connectivity index (χ0) is 21.9. The van der Waals surface area contributed by atoms with Gasteiger partial charge in [-0.05, 0) is 69.0 Å². The SMILES string of the molecule is CC(C)(C)OC(=O)NC1=N[C@]2(C)c3cc(Br)cnc3OCC[C@@H]2S(=O)(=O)C12CCC2. The van der Waals surface area contributed by atoms with Crippen LogP contribution in [-0.2, 0) is 20.1 Å². The fraction of sp³-hybridized carbons (Fsp3) is 0.650. The minimum Gasteiger partial charge on any atom is -0.477 e. The number of halogens is 1. The highest BCUT2D eigenvalue weighted by Crippen LogP contribution is 2.53. The molecule has 2 atom stereocenters. The average Bonchev–Trinajstić information content (AvgIpc) is 2.68. The normalized spacial score (nSPS) is 28.7. The highest BCUT2D eigenvalue weighted by atomic mass is 79.9. The molecule has 1 N–H and O–H groups in total. The van der Waals surface area contributed by atoms with Gasteiger partial charge in [0, 0.05) is 22.7 Å². The Morgan fingerprint density at radius 1 is 1.37 bits per heavy atom. The Bertz CT molecular complexity index is 1030. The molecule has 1 spiro atoms. The van der Waals surface area contributed by atoms with Crippen LogP contribution in [0.5, 0.6) is 5.88 Å². The molecule has 2 aliphatic heterocycles. The van der Waals surface area contributed by atoms with Crippen LogP contribution in [0, 0.1) is 0 Å². The average molecular weight is 500 g/mol. The summed E-state index contributed by atoms with van der Waals surface area (Å²) in [6, 6.07) is 1.80. The molecule has 3 heterocycles. The van der Waals surface area contributed by atoms with Crippen molar-refractivity contribution in [2.24, 2.45) is 4.99 Å². The fourth-order valence-corrected chi connectivity index (χ4v) is 7.80. The highest BCUT2D eigenvalue weighted by Gasteiger charge is 2.64. The van der Waals surface area contributed by atoms with E-state index in [1.54, 1.807) is 40.0 Å². The van der Waals surface area contributed by atoms with Crippen molar-refractivity contribution in [3.8, 4) is 5.88 Å². The van der Waals surface area contributed by atoms with Gasteiger partial charge in [-0.3, -0.25) is 10.3 Å². The van der Waals surface area contributed by atoms with Gasteiger partial charge in [-0.2, -0.15) is 0 Å². The molecule has 1 aromatic heterocycles. The van der Waals surface area contributed by atoms with Gasteiger partial charge in [0.25, 0.3) is 0 Å². The van der Waals surface area contributed by atoms with Gasteiger partial charge in [0.2, 0.25) is 5.88 Å². The van der Waals surface area contributed by atoms with E-state index in [-0.39, 0.29) is 12.4 Å². The smallest absolute Gasteiger partial charge is 0.413 e. The summed E-state index contributed by atoms with van der Waals surface area (Å²) in [5.74, 6) is 0.526. The number of alkyl carbamates (subject to hydrolysis) is 1. The van der Waals surface area contributed by atoms with Crippen molar-refractivity contribution in [1.29, 1.82) is 0 Å². The maximum Gasteiger partial charge on any atom is 0.413 e. The Kier molecular flexibility index (Phi) is 4.97. The zero-order valence-corrected chi connectivity index (χ0v) is 19.9. The summed E-state index contributed by atoms with van der Waals surface area (Å²) in [4.78, 5) is 21.8. The highest BCUT2D eigenvalue weighted by molar-refractivity contribution is 9.10. The van der Waals surface area contributed by atoms with Crippen LogP contribution in [0.2, 0.25) is 0 Å². The lowest BCUT2D eigenvalue weighted by Gasteiger charge is -2.50. The molecule has 0 saturated heterocycles. The number of fused-ring (bicyclic) bond motifs is 3. The minimum atomic E-state index is -3.69. The minimum absolute atomic E-state index is 0.162. The summed E-state index contributed by atoms with van der Waals surface area (Å²) < 4.78 is 38.5. The molecule has 1 aliphatic carbocycles. The van der Waals surface area contributed by atoms with Crippen molar-refractivity contribution in [3.63, 3.8) is 0 Å². The molecule has 1 aromatic rings. The van der Waals surface area contributed by atoms with Gasteiger partial charge in [0.1, 0.15) is 21.7 Å². The van der Waals surface area contributed by atoms with Crippen LogP contribution in [0.15, 0.2) is 21.7 Å². The molecule has 0 bridgehead atoms. The maximum atomic E-state index is 13.9. The lowest BCUT2D eigenvalue weighted by molar-refractivity contribution is 0.0558. The number of pyridine rings is 1. The summed E-state index contributed by atoms with van der Waals surface area (Å²) in [5.41, 5.74) is -1.28. The molecule has 10 heteroatoms. The van der Waals surface area contributed by atoms with E-state index < -0.39 is 37.1 Å². The van der Waals surface area contributed by atoms with Crippen LogP contribution in [0.3, 0.4) is 0 Å². The van der Waals surface area contributed by atoms with Crippen molar-refractivity contribution in [1.82, 2.24) is 10.3 Å². The second-order valence-electron chi connectivity index (χ2n) is 9.26. The molecule has 4 rings (SSSR count). The van der Waals surface area contributed by atoms with Crippen LogP contribution in [-0.4, -0.2) is 47.5 Å². The molecular formula is C20H26BrN3O5S. The van der Waals surface area contributed by atoms with Crippen molar-refractivity contribution >= 4 is 37.7 Å². The number of ether oxygens (including phenoxy) is 2. The number of amides is 1. The number of hydrogen-bond donors (Lipinski definition) is 1. The maximum absolute atomic E-state index is 13.9. The number of amidine groups is 1. The molecule has 0 radical (unpaired) electrons. The summed E-state index contributed by atoms with van der Waals surface area (Å²) >= 11 is 3.42. The second kappa shape index (κ2) is 6.91. The van der Waals surface area contributed by atoms with Gasteiger partial charge in [0.05, 0.1) is 11.9 Å². The van der Waals surface area contributed by atoms with Crippen LogP contribution in [0.25, 0.3) is 0 Å². The van der Waals surface area contributed by atoms with E-state index in [1.807, 2.05) is 0 Å². The Balaban J connectivity index is 1.88. The first-order valence-electron chi connectivity index (χ1n) is 10.0. The predicted octanol–water partition coefficient (Wildman–Crippen LogP) is 3.48. The van der Waals surface area contributed by atoms with Gasteiger partial charge in [-0.1, -0.05) is 0 Å². The van der Waals surface area contributed by atoms with Crippen molar-refractivity contribution in [3.05, 3.63) is 22.3 Å². The number of hydrogen-bond acceptors (Lipinski definition) is 7. The zero-order valence-electron chi connectivity index (χ0n) is 17.5. The van der Waals surface area contributed by atoms with E-state index in [9.17, 15) is 13.2 Å². The molecule has 1 amide bonds. The van der Waals surface area contributed by atoms with E-state index in [1.165, 1.54) is 0 Å². The quantitative estimate of drug-likeness (QED) is 0.585. The fourth-order valence-electron chi connectivity index (χ4n) is 4.51. The van der Waals surface area contributed by atoms with E-state index in [4.69, 9.17) is 14.5 Å². The Morgan fingerprint density at radius 2 is 2.07 bits per heavy atom. The summed E-state index contributed by atoms with van der Waals surface area (Å²) in [5, 5.41) is 1.91. The molecule has 1 saturated carbocycles. The summed E-state index contributed by atoms with van der Waals surface area (Å²) in [7, 11) is -3.69. The van der Waals surface area contributed by atoms with Crippen LogP contribution in [0.4, 0.5) is 4.79 Å². The number of rotatable bonds is 0. The van der Waals surface area contributed by atoms with Crippen LogP contribution >= 0.6 is 15.9 Å². The number of aromatic nitrogens is 1. The lowest BCUT2D eigenvalue weighted by Crippen LogP contribution is -2.67. The van der Waals surface area contributed by atoms with E-state index >= 15 is 0 Å². The molecule has 0 unspecified atom stereocenters. The molecule has 8 nitrogen and oxygen atoms in total. The van der Waals surface area contributed by atoms with Crippen molar-refractivity contribution < 1.29 is 22.7 Å². The van der Waals surface area contributed by atoms with Crippen molar-refractivity contribution in [2.75, 3.05) is 6.61 Å². The molecule has 0 aromatic carbocycles. The first kappa shape index (κ1) is 21.5. The number of nitrogens with one attached hydrogen (secondary N) is 1. The number of carbonyl (C=O) groups is 1. The van der Waals surface area contributed by atoms with E-state index in [0.717, 1.165) is 6.42 Å². The lowest BCUT2D eigenvalue weighted by atomic mass is 9.81. The standard InChI is InChI=1S/C20H26BrN3O5S/c1-18(2,3)29-17(25)23-16-20(7-5-8-20)30(26,27)14-6-9-28-15-13(19(14,4)24-16)10-12(21)11-22-15/h10-11,14H,5-9H2,1-4H3,(H,23,24,25)/t14-,19+/m0/s1. The molecule has 30 heavy (non-hydrogen) atoms. The predicted molar refractivity (Wildman–Crippen MR) is 115 cm³/mol. The number of aliphatic imine (C=N–C) groups is 1. The molecular weight excluding hydrogens is 474 g/mol.